The van der Waals surface area contributed by atoms with Crippen molar-refractivity contribution in [2.75, 3.05) is 19.8 Å². The van der Waals surface area contributed by atoms with Gasteiger partial charge in [-0.1, -0.05) is 42.5 Å². The summed E-state index contributed by atoms with van der Waals surface area (Å²) in [7, 11) is 0. The topological polar surface area (TPSA) is 48.0 Å². The van der Waals surface area contributed by atoms with Gasteiger partial charge in [-0.3, -0.25) is 4.90 Å². The Morgan fingerprint density at radius 3 is 2.59 bits per heavy atom. The number of amides is 1. The monoisotopic (exact) mass is 368 g/mol. The number of benzene rings is 2. The summed E-state index contributed by atoms with van der Waals surface area (Å²) >= 11 is 0. The van der Waals surface area contributed by atoms with Gasteiger partial charge >= 0.3 is 6.09 Å². The van der Waals surface area contributed by atoms with Crippen LogP contribution in [0.15, 0.2) is 54.6 Å². The molecule has 5 nitrogen and oxygen atoms in total. The van der Waals surface area contributed by atoms with E-state index in [0.29, 0.717) is 32.1 Å². The SMILES string of the molecule is [CH2]c1ccc(OC(=O)N2CCCCC2OCCOCc2ccccc2)cc1. The van der Waals surface area contributed by atoms with Gasteiger partial charge in [0.05, 0.1) is 19.8 Å². The highest BCUT2D eigenvalue weighted by Crippen LogP contribution is 2.21. The summed E-state index contributed by atoms with van der Waals surface area (Å²) in [6.07, 6.45) is 2.17. The van der Waals surface area contributed by atoms with Gasteiger partial charge in [0.2, 0.25) is 0 Å². The van der Waals surface area contributed by atoms with Crippen LogP contribution in [0.2, 0.25) is 0 Å². The van der Waals surface area contributed by atoms with Crippen LogP contribution in [-0.2, 0) is 16.1 Å². The molecule has 1 saturated heterocycles. The van der Waals surface area contributed by atoms with Gasteiger partial charge in [-0.15, -0.1) is 0 Å². The minimum Gasteiger partial charge on any atom is -0.410 e. The lowest BCUT2D eigenvalue weighted by molar-refractivity contribution is -0.0816. The first-order valence-electron chi connectivity index (χ1n) is 9.36. The first kappa shape index (κ1) is 19.4. The van der Waals surface area contributed by atoms with Gasteiger partial charge in [-0.2, -0.15) is 0 Å². The van der Waals surface area contributed by atoms with Gasteiger partial charge in [0, 0.05) is 6.54 Å². The lowest BCUT2D eigenvalue weighted by Gasteiger charge is -2.34. The number of carbonyl (C=O) groups is 1. The molecule has 0 aliphatic carbocycles. The summed E-state index contributed by atoms with van der Waals surface area (Å²) in [5.41, 5.74) is 2.01. The molecule has 1 aliphatic heterocycles. The van der Waals surface area contributed by atoms with Crippen molar-refractivity contribution in [3.05, 3.63) is 72.6 Å². The van der Waals surface area contributed by atoms with Gasteiger partial charge in [0.15, 0.2) is 0 Å². The maximum absolute atomic E-state index is 12.5. The Hall–Kier alpha value is -2.37. The maximum Gasteiger partial charge on any atom is 0.417 e. The number of carbonyl (C=O) groups excluding carboxylic acids is 1. The average molecular weight is 368 g/mol. The molecular weight excluding hydrogens is 342 g/mol. The second kappa shape index (κ2) is 10.1. The highest BCUT2D eigenvalue weighted by molar-refractivity contribution is 5.71. The number of likely N-dealkylation sites (tertiary alicyclic amines) is 1. The Labute approximate surface area is 160 Å². The molecule has 1 amide bonds. The molecule has 0 saturated carbocycles. The van der Waals surface area contributed by atoms with Crippen LogP contribution < -0.4 is 4.74 Å². The van der Waals surface area contributed by atoms with Crippen LogP contribution in [0.3, 0.4) is 0 Å². The third kappa shape index (κ3) is 6.08. The third-order valence-corrected chi connectivity index (χ3v) is 4.46. The van der Waals surface area contributed by atoms with Crippen LogP contribution in [0.5, 0.6) is 5.75 Å². The zero-order valence-corrected chi connectivity index (χ0v) is 15.5. The van der Waals surface area contributed by atoms with Crippen LogP contribution in [0.25, 0.3) is 0 Å². The molecule has 0 bridgehead atoms. The summed E-state index contributed by atoms with van der Waals surface area (Å²) in [4.78, 5) is 14.2. The molecule has 27 heavy (non-hydrogen) atoms. The normalized spacial score (nSPS) is 16.9. The Bertz CT molecular complexity index is 702. The van der Waals surface area contributed by atoms with E-state index in [0.717, 1.165) is 30.4 Å². The number of ether oxygens (including phenoxy) is 3. The molecule has 1 aliphatic rings. The summed E-state index contributed by atoms with van der Waals surface area (Å²) in [6.45, 7) is 5.95. The lowest BCUT2D eigenvalue weighted by Crippen LogP contribution is -2.46. The fourth-order valence-electron chi connectivity index (χ4n) is 3.01. The molecule has 143 valence electrons. The van der Waals surface area contributed by atoms with E-state index in [4.69, 9.17) is 14.2 Å². The average Bonchev–Trinajstić information content (AvgIpc) is 2.70. The van der Waals surface area contributed by atoms with E-state index < -0.39 is 0 Å². The van der Waals surface area contributed by atoms with Crippen LogP contribution in [0.4, 0.5) is 4.79 Å². The van der Waals surface area contributed by atoms with Crippen molar-refractivity contribution in [3.8, 4) is 5.75 Å². The zero-order valence-electron chi connectivity index (χ0n) is 15.5. The number of hydrogen-bond acceptors (Lipinski definition) is 4. The first-order valence-corrected chi connectivity index (χ1v) is 9.36. The largest absolute Gasteiger partial charge is 0.417 e. The number of hydrogen-bond donors (Lipinski definition) is 0. The molecule has 0 aromatic heterocycles. The van der Waals surface area contributed by atoms with Crippen molar-refractivity contribution in [1.29, 1.82) is 0 Å². The predicted octanol–water partition coefficient (Wildman–Crippen LogP) is 4.41. The molecular formula is C22H26NO4. The van der Waals surface area contributed by atoms with Crippen molar-refractivity contribution < 1.29 is 19.0 Å². The summed E-state index contributed by atoms with van der Waals surface area (Å²) < 4.78 is 17.0. The molecule has 1 heterocycles. The Morgan fingerprint density at radius 2 is 1.81 bits per heavy atom. The van der Waals surface area contributed by atoms with E-state index in [-0.39, 0.29) is 12.3 Å². The first-order chi connectivity index (χ1) is 13.2. The molecule has 1 fully saturated rings. The van der Waals surface area contributed by atoms with E-state index in [1.54, 1.807) is 17.0 Å². The molecule has 1 unspecified atom stereocenters. The molecule has 0 spiro atoms. The minimum absolute atomic E-state index is 0.265. The molecule has 0 N–H and O–H groups in total. The van der Waals surface area contributed by atoms with Crippen molar-refractivity contribution in [2.24, 2.45) is 0 Å². The van der Waals surface area contributed by atoms with Crippen molar-refractivity contribution in [1.82, 2.24) is 4.90 Å². The van der Waals surface area contributed by atoms with Gasteiger partial charge < -0.3 is 14.2 Å². The zero-order chi connectivity index (χ0) is 18.9. The predicted molar refractivity (Wildman–Crippen MR) is 103 cm³/mol. The standard InChI is InChI=1S/C22H26NO4/c1-18-10-12-20(13-11-18)27-22(24)23-14-6-5-9-21(23)26-16-15-25-17-19-7-3-2-4-8-19/h2-4,7-8,10-13,21H,1,5-6,9,14-17H2. The molecule has 2 aromatic carbocycles. The Kier molecular flexibility index (Phi) is 7.25. The number of piperidine rings is 1. The molecule has 1 radical (unpaired) electrons. The van der Waals surface area contributed by atoms with Gasteiger partial charge in [0.1, 0.15) is 12.0 Å². The lowest BCUT2D eigenvalue weighted by atomic mass is 10.1. The van der Waals surface area contributed by atoms with E-state index in [2.05, 4.69) is 6.92 Å². The Balaban J connectivity index is 1.43. The van der Waals surface area contributed by atoms with Gasteiger partial charge in [0.25, 0.3) is 0 Å². The fraction of sp³-hybridized carbons (Fsp3) is 0.364. The molecule has 1 atom stereocenters. The second-order valence-corrected chi connectivity index (χ2v) is 6.56. The van der Waals surface area contributed by atoms with Crippen LogP contribution in [0, 0.1) is 6.92 Å². The molecule has 5 heteroatoms. The fourth-order valence-corrected chi connectivity index (χ4v) is 3.01. The van der Waals surface area contributed by atoms with Crippen molar-refractivity contribution in [2.45, 2.75) is 32.1 Å². The number of nitrogens with zero attached hydrogens (tertiary/aromatic N) is 1. The van der Waals surface area contributed by atoms with Gasteiger partial charge in [-0.05, 0) is 49.4 Å². The highest BCUT2D eigenvalue weighted by atomic mass is 16.6. The summed E-state index contributed by atoms with van der Waals surface area (Å²) in [5, 5.41) is 0. The second-order valence-electron chi connectivity index (χ2n) is 6.56. The molecule has 3 rings (SSSR count). The maximum atomic E-state index is 12.5. The van der Waals surface area contributed by atoms with E-state index >= 15 is 0 Å². The van der Waals surface area contributed by atoms with Crippen LogP contribution in [-0.4, -0.2) is 37.0 Å². The van der Waals surface area contributed by atoms with E-state index in [9.17, 15) is 4.79 Å². The van der Waals surface area contributed by atoms with Gasteiger partial charge in [-0.25, -0.2) is 4.79 Å². The Morgan fingerprint density at radius 1 is 1.04 bits per heavy atom. The smallest absolute Gasteiger partial charge is 0.410 e. The molecule has 2 aromatic rings. The highest BCUT2D eigenvalue weighted by Gasteiger charge is 2.28. The summed E-state index contributed by atoms with van der Waals surface area (Å²) in [6, 6.07) is 17.2. The van der Waals surface area contributed by atoms with Crippen molar-refractivity contribution >= 4 is 6.09 Å². The minimum atomic E-state index is -0.373. The number of rotatable bonds is 7. The third-order valence-electron chi connectivity index (χ3n) is 4.46. The van der Waals surface area contributed by atoms with Crippen LogP contribution >= 0.6 is 0 Å². The quantitative estimate of drug-likeness (QED) is 0.679. The van der Waals surface area contributed by atoms with E-state index in [1.165, 1.54) is 0 Å². The summed E-state index contributed by atoms with van der Waals surface area (Å²) in [5.74, 6) is 0.517. The van der Waals surface area contributed by atoms with Crippen molar-refractivity contribution in [3.63, 3.8) is 0 Å². The van der Waals surface area contributed by atoms with Crippen LogP contribution in [0.1, 0.15) is 30.4 Å². The van der Waals surface area contributed by atoms with E-state index in [1.807, 2.05) is 42.5 Å².